The molecule has 0 unspecified atom stereocenters. The third-order valence-electron chi connectivity index (χ3n) is 4.69. The Morgan fingerprint density at radius 2 is 1.93 bits per heavy atom. The first kappa shape index (κ1) is 21.0. The van der Waals surface area contributed by atoms with Crippen LogP contribution >= 0.6 is 11.3 Å². The molecule has 0 bridgehead atoms. The van der Waals surface area contributed by atoms with Crippen molar-refractivity contribution in [3.8, 4) is 5.69 Å². The third-order valence-corrected chi connectivity index (χ3v) is 5.82. The third kappa shape index (κ3) is 5.44. The van der Waals surface area contributed by atoms with Crippen molar-refractivity contribution in [1.82, 2.24) is 25.4 Å². The van der Waals surface area contributed by atoms with Gasteiger partial charge in [0.05, 0.1) is 28.6 Å². The second-order valence-electron chi connectivity index (χ2n) is 7.09. The Hall–Kier alpha value is -2.67. The number of nitrogens with one attached hydrogen (secondary N) is 2. The van der Waals surface area contributed by atoms with E-state index in [1.807, 2.05) is 23.7 Å². The topological polar surface area (TPSA) is 67.1 Å². The smallest absolute Gasteiger partial charge is 0.191 e. The summed E-state index contributed by atoms with van der Waals surface area (Å²) in [6.45, 7) is 12.6. The van der Waals surface area contributed by atoms with Gasteiger partial charge in [0.2, 0.25) is 0 Å². The van der Waals surface area contributed by atoms with Crippen molar-refractivity contribution in [2.24, 2.45) is 4.99 Å². The van der Waals surface area contributed by atoms with Gasteiger partial charge in [0.25, 0.3) is 0 Å². The lowest BCUT2D eigenvalue weighted by Gasteiger charge is -2.13. The first-order chi connectivity index (χ1) is 14.0. The van der Waals surface area contributed by atoms with E-state index in [1.165, 1.54) is 9.88 Å². The molecule has 0 spiro atoms. The highest BCUT2D eigenvalue weighted by Crippen LogP contribution is 2.18. The quantitative estimate of drug-likeness (QED) is 0.458. The molecule has 0 aliphatic rings. The number of guanidine groups is 1. The lowest BCUT2D eigenvalue weighted by molar-refractivity contribution is 0.788. The molecule has 6 nitrogen and oxygen atoms in total. The number of thiazole rings is 1. The van der Waals surface area contributed by atoms with Gasteiger partial charge in [-0.3, -0.25) is 0 Å². The zero-order valence-corrected chi connectivity index (χ0v) is 18.7. The van der Waals surface area contributed by atoms with E-state index < -0.39 is 0 Å². The van der Waals surface area contributed by atoms with Crippen molar-refractivity contribution in [3.63, 3.8) is 0 Å². The predicted molar refractivity (Wildman–Crippen MR) is 121 cm³/mol. The Bertz CT molecular complexity index is 966. The molecule has 2 N–H and O–H groups in total. The van der Waals surface area contributed by atoms with Gasteiger partial charge in [0.15, 0.2) is 5.96 Å². The minimum atomic E-state index is 0.583. The monoisotopic (exact) mass is 410 g/mol. The maximum atomic E-state index is 4.80. The van der Waals surface area contributed by atoms with Crippen LogP contribution in [0.5, 0.6) is 0 Å². The van der Waals surface area contributed by atoms with E-state index in [0.29, 0.717) is 6.54 Å². The van der Waals surface area contributed by atoms with Crippen LogP contribution < -0.4 is 10.6 Å². The van der Waals surface area contributed by atoms with E-state index in [-0.39, 0.29) is 0 Å². The van der Waals surface area contributed by atoms with Crippen molar-refractivity contribution in [2.75, 3.05) is 13.1 Å². The van der Waals surface area contributed by atoms with Crippen molar-refractivity contribution >= 4 is 17.3 Å². The zero-order valence-electron chi connectivity index (χ0n) is 17.9. The van der Waals surface area contributed by atoms with Gasteiger partial charge in [-0.1, -0.05) is 18.2 Å². The number of aliphatic imine (C=N–C) groups is 1. The highest BCUT2D eigenvalue weighted by atomic mass is 32.1. The molecule has 0 amide bonds. The van der Waals surface area contributed by atoms with Gasteiger partial charge in [-0.2, -0.15) is 5.10 Å². The Kier molecular flexibility index (Phi) is 7.04. The lowest BCUT2D eigenvalue weighted by atomic mass is 10.2. The van der Waals surface area contributed by atoms with Crippen molar-refractivity contribution < 1.29 is 0 Å². The molecule has 154 valence electrons. The molecule has 0 fully saturated rings. The van der Waals surface area contributed by atoms with Crippen molar-refractivity contribution in [2.45, 2.75) is 47.6 Å². The summed E-state index contributed by atoms with van der Waals surface area (Å²) in [5, 5.41) is 12.5. The van der Waals surface area contributed by atoms with Crippen LogP contribution in [0, 0.1) is 27.7 Å². The van der Waals surface area contributed by atoms with Gasteiger partial charge < -0.3 is 10.6 Å². The maximum Gasteiger partial charge on any atom is 0.191 e. The number of benzene rings is 1. The van der Waals surface area contributed by atoms with Gasteiger partial charge >= 0.3 is 0 Å². The van der Waals surface area contributed by atoms with Crippen LogP contribution in [0.3, 0.4) is 0 Å². The van der Waals surface area contributed by atoms with E-state index in [4.69, 9.17) is 4.99 Å². The van der Waals surface area contributed by atoms with Crippen molar-refractivity contribution in [3.05, 3.63) is 62.9 Å². The van der Waals surface area contributed by atoms with Gasteiger partial charge in [-0.15, -0.1) is 11.3 Å². The Morgan fingerprint density at radius 3 is 2.59 bits per heavy atom. The molecule has 7 heteroatoms. The number of aromatic nitrogens is 3. The van der Waals surface area contributed by atoms with Crippen LogP contribution in [0.1, 0.15) is 39.5 Å². The fourth-order valence-corrected chi connectivity index (χ4v) is 4.10. The molecule has 3 aromatic rings. The summed E-state index contributed by atoms with van der Waals surface area (Å²) < 4.78 is 1.99. The summed E-state index contributed by atoms with van der Waals surface area (Å²) in [4.78, 5) is 10.7. The maximum absolute atomic E-state index is 4.80. The second kappa shape index (κ2) is 9.69. The summed E-state index contributed by atoms with van der Waals surface area (Å²) >= 11 is 1.77. The van der Waals surface area contributed by atoms with Crippen LogP contribution in [0.2, 0.25) is 0 Å². The number of hydrogen-bond acceptors (Lipinski definition) is 4. The van der Waals surface area contributed by atoms with Gasteiger partial charge in [-0.25, -0.2) is 14.7 Å². The summed E-state index contributed by atoms with van der Waals surface area (Å²) in [7, 11) is 0. The lowest BCUT2D eigenvalue weighted by Crippen LogP contribution is -2.38. The Balaban J connectivity index is 1.69. The van der Waals surface area contributed by atoms with E-state index in [9.17, 15) is 0 Å². The van der Waals surface area contributed by atoms with Crippen LogP contribution in [0.15, 0.2) is 35.3 Å². The average molecular weight is 411 g/mol. The first-order valence-corrected chi connectivity index (χ1v) is 10.9. The molecular weight excluding hydrogens is 380 g/mol. The predicted octanol–water partition coefficient (Wildman–Crippen LogP) is 3.86. The highest BCUT2D eigenvalue weighted by molar-refractivity contribution is 7.11. The van der Waals surface area contributed by atoms with Crippen LogP contribution in [0.25, 0.3) is 5.69 Å². The largest absolute Gasteiger partial charge is 0.357 e. The number of rotatable bonds is 7. The van der Waals surface area contributed by atoms with E-state index in [0.717, 1.165) is 53.8 Å². The second-order valence-corrected chi connectivity index (χ2v) is 8.38. The molecule has 0 radical (unpaired) electrons. The molecule has 0 aliphatic carbocycles. The number of hydrogen-bond donors (Lipinski definition) is 2. The minimum absolute atomic E-state index is 0.583. The zero-order chi connectivity index (χ0) is 20.8. The molecule has 2 aromatic heterocycles. The minimum Gasteiger partial charge on any atom is -0.357 e. The van der Waals surface area contributed by atoms with E-state index in [1.54, 1.807) is 11.3 Å². The standard InChI is InChI=1S/C22H30N6S/c1-6-23-22(24-12-11-21-26-17(4)18(5)29-21)25-14-19-9-7-8-10-20(19)28-16(3)13-15(2)27-28/h7-10,13H,6,11-12,14H2,1-5H3,(H2,23,24,25). The fraction of sp³-hybridized carbons (Fsp3) is 0.409. The highest BCUT2D eigenvalue weighted by Gasteiger charge is 2.09. The summed E-state index contributed by atoms with van der Waals surface area (Å²) in [6, 6.07) is 10.4. The molecule has 1 aromatic carbocycles. The average Bonchev–Trinajstić information content (AvgIpc) is 3.20. The molecule has 3 rings (SSSR count). The first-order valence-electron chi connectivity index (χ1n) is 10.0. The van der Waals surface area contributed by atoms with Gasteiger partial charge in [-0.05, 0) is 52.3 Å². The number of aryl methyl sites for hydroxylation is 4. The number of nitrogens with zero attached hydrogens (tertiary/aromatic N) is 4. The van der Waals surface area contributed by atoms with Crippen LogP contribution in [0.4, 0.5) is 0 Å². The van der Waals surface area contributed by atoms with Gasteiger partial charge in [0, 0.05) is 30.1 Å². The number of para-hydroxylation sites is 1. The molecule has 0 aliphatic heterocycles. The SMILES string of the molecule is CCNC(=NCc1ccccc1-n1nc(C)cc1C)NCCc1nc(C)c(C)s1. The molecule has 0 atom stereocenters. The van der Waals surface area contributed by atoms with Crippen molar-refractivity contribution in [1.29, 1.82) is 0 Å². The molecular formula is C22H30N6S. The van der Waals surface area contributed by atoms with E-state index in [2.05, 4.69) is 66.6 Å². The summed E-state index contributed by atoms with van der Waals surface area (Å²) in [6.07, 6.45) is 0.895. The normalized spacial score (nSPS) is 11.7. The van der Waals surface area contributed by atoms with Crippen LogP contribution in [-0.2, 0) is 13.0 Å². The van der Waals surface area contributed by atoms with Crippen LogP contribution in [-0.4, -0.2) is 33.8 Å². The summed E-state index contributed by atoms with van der Waals surface area (Å²) in [5.41, 5.74) is 5.49. The van der Waals surface area contributed by atoms with E-state index >= 15 is 0 Å². The molecule has 29 heavy (non-hydrogen) atoms. The Labute approximate surface area is 177 Å². The molecule has 0 saturated carbocycles. The Morgan fingerprint density at radius 1 is 1.14 bits per heavy atom. The van der Waals surface area contributed by atoms with Gasteiger partial charge in [0.1, 0.15) is 0 Å². The fourth-order valence-electron chi connectivity index (χ4n) is 3.16. The molecule has 0 saturated heterocycles. The summed E-state index contributed by atoms with van der Waals surface area (Å²) in [5.74, 6) is 0.820. The molecule has 2 heterocycles.